The smallest absolute Gasteiger partial charge is 0.392 e. The topological polar surface area (TPSA) is 57.5 Å². The first kappa shape index (κ1) is 12.8. The van der Waals surface area contributed by atoms with E-state index >= 15 is 0 Å². The highest BCUT2D eigenvalue weighted by Crippen LogP contribution is 2.50. The second-order valence-electron chi connectivity index (χ2n) is 4.23. The summed E-state index contributed by atoms with van der Waals surface area (Å²) in [4.78, 5) is 9.53. The number of rotatable bonds is 5. The summed E-state index contributed by atoms with van der Waals surface area (Å²) in [6, 6.07) is 0. The van der Waals surface area contributed by atoms with Crippen molar-refractivity contribution in [2.75, 3.05) is 0 Å². The molecule has 3 unspecified atom stereocenters. The van der Waals surface area contributed by atoms with Crippen molar-refractivity contribution in [1.29, 1.82) is 0 Å². The zero-order valence-corrected chi connectivity index (χ0v) is 10.3. The van der Waals surface area contributed by atoms with Crippen LogP contribution in [-0.4, -0.2) is 21.3 Å². The number of aliphatic hydroxyl groups excluding tert-OH is 1. The van der Waals surface area contributed by atoms with Crippen LogP contribution in [0.25, 0.3) is 0 Å². The van der Waals surface area contributed by atoms with Gasteiger partial charge in [0.05, 0.1) is 6.10 Å². The van der Waals surface area contributed by atoms with Gasteiger partial charge in [-0.2, -0.15) is 4.89 Å². The Hall–Kier alpha value is -0.240. The van der Waals surface area contributed by atoms with E-state index in [4.69, 9.17) is 0 Å². The van der Waals surface area contributed by atoms with Crippen molar-refractivity contribution in [2.45, 2.75) is 57.2 Å². The molecule has 0 aromatic carbocycles. The molecule has 0 saturated carbocycles. The molecule has 3 atom stereocenters. The molecule has 0 spiro atoms. The Labute approximate surface area is 92.1 Å². The van der Waals surface area contributed by atoms with E-state index in [1.54, 1.807) is 0 Å². The summed E-state index contributed by atoms with van der Waals surface area (Å²) in [7, 11) is -2.21. The minimum Gasteiger partial charge on any atom is -0.392 e. The molecule has 0 aromatic rings. The molecule has 0 aromatic heterocycles. The summed E-state index contributed by atoms with van der Waals surface area (Å²) in [5, 5.41) is 8.90. The molecule has 0 amide bonds. The summed E-state index contributed by atoms with van der Waals surface area (Å²) in [6.07, 6.45) is 5.09. The lowest BCUT2D eigenvalue weighted by molar-refractivity contribution is 0.185. The van der Waals surface area contributed by atoms with Crippen LogP contribution in [0.1, 0.15) is 46.0 Å². The lowest BCUT2D eigenvalue weighted by Gasteiger charge is -2.21. The normalized spacial score (nSPS) is 26.0. The van der Waals surface area contributed by atoms with E-state index in [0.29, 0.717) is 19.3 Å². The molecule has 1 rings (SSSR count). The quantitative estimate of drug-likeness (QED) is 0.565. The van der Waals surface area contributed by atoms with Gasteiger partial charge in [-0.15, -0.1) is 0 Å². The van der Waals surface area contributed by atoms with Crippen molar-refractivity contribution in [3.63, 3.8) is 0 Å². The molecule has 0 aliphatic heterocycles. The molecule has 86 valence electrons. The number of hydrogen-bond acceptors (Lipinski definition) is 2. The van der Waals surface area contributed by atoms with Gasteiger partial charge in [0.2, 0.25) is 5.16 Å². The van der Waals surface area contributed by atoms with Crippen LogP contribution in [0.4, 0.5) is 0 Å². The van der Waals surface area contributed by atoms with Crippen LogP contribution >= 0.6 is 8.03 Å². The molecule has 15 heavy (non-hydrogen) atoms. The summed E-state index contributed by atoms with van der Waals surface area (Å²) in [5.41, 5.74) is 0.989. The third-order valence-electron chi connectivity index (χ3n) is 3.30. The van der Waals surface area contributed by atoms with Gasteiger partial charge >= 0.3 is 8.03 Å². The van der Waals surface area contributed by atoms with Crippen LogP contribution in [0, 0.1) is 0 Å². The molecule has 4 heteroatoms. The predicted molar refractivity (Wildman–Crippen MR) is 61.1 cm³/mol. The molecule has 0 heterocycles. The third-order valence-corrected chi connectivity index (χ3v) is 4.86. The molecule has 0 fully saturated rings. The Morgan fingerprint density at radius 2 is 2.27 bits per heavy atom. The maximum atomic E-state index is 11.6. The number of aliphatic hydroxyl groups is 1. The van der Waals surface area contributed by atoms with Crippen LogP contribution in [-0.2, 0) is 4.57 Å². The Morgan fingerprint density at radius 1 is 1.60 bits per heavy atom. The molecule has 0 radical (unpaired) electrons. The van der Waals surface area contributed by atoms with E-state index < -0.39 is 13.2 Å². The van der Waals surface area contributed by atoms with Crippen molar-refractivity contribution in [3.8, 4) is 0 Å². The van der Waals surface area contributed by atoms with Crippen molar-refractivity contribution in [1.82, 2.24) is 0 Å². The van der Waals surface area contributed by atoms with Gasteiger partial charge < -0.3 is 5.11 Å². The van der Waals surface area contributed by atoms with Crippen LogP contribution in [0.5, 0.6) is 0 Å². The van der Waals surface area contributed by atoms with Gasteiger partial charge in [-0.05, 0) is 23.0 Å². The van der Waals surface area contributed by atoms with E-state index in [9.17, 15) is 14.6 Å². The van der Waals surface area contributed by atoms with Crippen LogP contribution in [0.3, 0.4) is 0 Å². The predicted octanol–water partition coefficient (Wildman–Crippen LogP) is 2.75. The average Bonchev–Trinajstić information content (AvgIpc) is 2.61. The van der Waals surface area contributed by atoms with E-state index in [1.165, 1.54) is 0 Å². The summed E-state index contributed by atoms with van der Waals surface area (Å²) in [5.74, 6) is 0. The molecule has 1 aliphatic rings. The van der Waals surface area contributed by atoms with Gasteiger partial charge in [-0.25, -0.2) is 0 Å². The average molecular weight is 231 g/mol. The van der Waals surface area contributed by atoms with E-state index in [0.717, 1.165) is 18.4 Å². The fraction of sp³-hybridized carbons (Fsp3) is 0.818. The maximum absolute atomic E-state index is 11.6. The largest absolute Gasteiger partial charge is 0.516 e. The van der Waals surface area contributed by atoms with Gasteiger partial charge in [0.25, 0.3) is 0 Å². The summed E-state index contributed by atoms with van der Waals surface area (Å²) < 4.78 is 11.6. The van der Waals surface area contributed by atoms with Gasteiger partial charge in [-0.1, -0.05) is 26.3 Å². The Balaban J connectivity index is 2.94. The second kappa shape index (κ2) is 5.20. The van der Waals surface area contributed by atoms with Crippen molar-refractivity contribution in [3.05, 3.63) is 11.6 Å². The fourth-order valence-corrected chi connectivity index (χ4v) is 3.52. The zero-order chi connectivity index (χ0) is 11.5. The van der Waals surface area contributed by atoms with Crippen molar-refractivity contribution in [2.24, 2.45) is 0 Å². The molecular weight excluding hydrogens is 211 g/mol. The van der Waals surface area contributed by atoms with E-state index in [1.807, 2.05) is 19.9 Å². The van der Waals surface area contributed by atoms with E-state index in [2.05, 4.69) is 0 Å². The second-order valence-corrected chi connectivity index (χ2v) is 5.63. The number of hydrogen-bond donors (Lipinski definition) is 2. The Kier molecular flexibility index (Phi) is 4.45. The van der Waals surface area contributed by atoms with Gasteiger partial charge in [-0.3, -0.25) is 0 Å². The summed E-state index contributed by atoms with van der Waals surface area (Å²) >= 11 is 0. The first-order chi connectivity index (χ1) is 7.06. The maximum Gasteiger partial charge on any atom is 0.516 e. The fourth-order valence-electron chi connectivity index (χ4n) is 2.41. The third kappa shape index (κ3) is 2.47. The lowest BCUT2D eigenvalue weighted by Crippen LogP contribution is -2.26. The molecular formula is C11H20O3P+. The van der Waals surface area contributed by atoms with Crippen LogP contribution < -0.4 is 0 Å². The molecule has 0 saturated heterocycles. The SMILES string of the molecule is CCCC(CC)(C1=CCC(O)C1)[P+](=O)O. The van der Waals surface area contributed by atoms with Gasteiger partial charge in [0.15, 0.2) is 0 Å². The summed E-state index contributed by atoms with van der Waals surface area (Å²) in [6.45, 7) is 3.97. The molecule has 3 nitrogen and oxygen atoms in total. The van der Waals surface area contributed by atoms with Crippen LogP contribution in [0.2, 0.25) is 0 Å². The lowest BCUT2D eigenvalue weighted by atomic mass is 9.90. The van der Waals surface area contributed by atoms with Crippen molar-refractivity contribution < 1.29 is 14.6 Å². The van der Waals surface area contributed by atoms with Crippen molar-refractivity contribution >= 4 is 8.03 Å². The molecule has 2 N–H and O–H groups in total. The minimum absolute atomic E-state index is 0.349. The highest BCUT2D eigenvalue weighted by molar-refractivity contribution is 7.40. The first-order valence-corrected chi connectivity index (χ1v) is 6.82. The Bertz CT molecular complexity index is 275. The van der Waals surface area contributed by atoms with Gasteiger partial charge in [0, 0.05) is 12.8 Å². The minimum atomic E-state index is -2.21. The molecule has 1 aliphatic carbocycles. The van der Waals surface area contributed by atoms with E-state index in [-0.39, 0.29) is 6.10 Å². The van der Waals surface area contributed by atoms with Gasteiger partial charge in [0.1, 0.15) is 0 Å². The zero-order valence-electron chi connectivity index (χ0n) is 9.44. The molecule has 0 bridgehead atoms. The van der Waals surface area contributed by atoms with Crippen LogP contribution in [0.15, 0.2) is 11.6 Å². The standard InChI is InChI=1S/C11H19O3P/c1-3-7-11(4-2,15(13)14)9-5-6-10(12)8-9/h5,10,12H,3-4,6-8H2,1-2H3/p+1. The first-order valence-electron chi connectivity index (χ1n) is 5.60. The Morgan fingerprint density at radius 3 is 2.60 bits per heavy atom. The highest BCUT2D eigenvalue weighted by Gasteiger charge is 2.51. The monoisotopic (exact) mass is 231 g/mol. The highest BCUT2D eigenvalue weighted by atomic mass is 31.1.